The van der Waals surface area contributed by atoms with E-state index in [4.69, 9.17) is 0 Å². The fourth-order valence-electron chi connectivity index (χ4n) is 1.54. The van der Waals surface area contributed by atoms with Crippen molar-refractivity contribution in [1.29, 1.82) is 0 Å². The minimum Gasteiger partial charge on any atom is -0.231 e. The molecule has 66 valence electrons. The van der Waals surface area contributed by atoms with Crippen LogP contribution in [0.1, 0.15) is 12.0 Å². The molecule has 0 aromatic heterocycles. The smallest absolute Gasteiger partial charge is 0.168 e. The Balaban J connectivity index is 2.06. The van der Waals surface area contributed by atoms with Crippen LogP contribution in [0.3, 0.4) is 0 Å². The van der Waals surface area contributed by atoms with Gasteiger partial charge in [-0.3, -0.25) is 0 Å². The number of hydrogen-bond acceptors (Lipinski definition) is 0. The van der Waals surface area contributed by atoms with Gasteiger partial charge >= 0.3 is 0 Å². The first-order valence-corrected chi connectivity index (χ1v) is 4.73. The third-order valence-corrected chi connectivity index (χ3v) is 2.24. The summed E-state index contributed by atoms with van der Waals surface area (Å²) in [5, 5.41) is 0. The van der Waals surface area contributed by atoms with Gasteiger partial charge in [-0.15, -0.1) is 0 Å². The van der Waals surface area contributed by atoms with Crippen LogP contribution < -0.4 is 0 Å². The largest absolute Gasteiger partial charge is 0.231 e. The van der Waals surface area contributed by atoms with Gasteiger partial charge in [-0.1, -0.05) is 36.4 Å². The van der Waals surface area contributed by atoms with Gasteiger partial charge in [-0.25, -0.2) is 4.58 Å². The highest BCUT2D eigenvalue weighted by Gasteiger charge is 2.05. The SMILES string of the molecule is C1=CCC[N+](Cc2ccccc2)=C1. The molecule has 1 aromatic carbocycles. The molecule has 1 nitrogen and oxygen atoms in total. The molecule has 0 bridgehead atoms. The van der Waals surface area contributed by atoms with Crippen LogP contribution in [0.5, 0.6) is 0 Å². The van der Waals surface area contributed by atoms with Gasteiger partial charge < -0.3 is 0 Å². The van der Waals surface area contributed by atoms with Crippen LogP contribution in [0.2, 0.25) is 0 Å². The number of allylic oxidation sites excluding steroid dienone is 1. The zero-order chi connectivity index (χ0) is 8.93. The molecule has 0 spiro atoms. The molecule has 0 radical (unpaired) electrons. The van der Waals surface area contributed by atoms with E-state index in [0.717, 1.165) is 13.1 Å². The fraction of sp³-hybridized carbons (Fsp3) is 0.250. The van der Waals surface area contributed by atoms with Crippen molar-refractivity contribution in [2.75, 3.05) is 6.54 Å². The first-order chi connectivity index (χ1) is 6.45. The average Bonchev–Trinajstić information content (AvgIpc) is 2.21. The topological polar surface area (TPSA) is 3.01 Å². The summed E-state index contributed by atoms with van der Waals surface area (Å²) in [4.78, 5) is 0. The summed E-state index contributed by atoms with van der Waals surface area (Å²) >= 11 is 0. The highest BCUT2D eigenvalue weighted by molar-refractivity contribution is 5.66. The van der Waals surface area contributed by atoms with E-state index in [2.05, 4.69) is 53.3 Å². The first kappa shape index (κ1) is 8.24. The van der Waals surface area contributed by atoms with Crippen LogP contribution >= 0.6 is 0 Å². The molecule has 2 rings (SSSR count). The Bertz CT molecular complexity index is 322. The summed E-state index contributed by atoms with van der Waals surface area (Å²) in [5.41, 5.74) is 1.38. The van der Waals surface area contributed by atoms with Gasteiger partial charge in [0.1, 0.15) is 6.54 Å². The molecule has 0 saturated heterocycles. The summed E-state index contributed by atoms with van der Waals surface area (Å²) in [6, 6.07) is 10.6. The monoisotopic (exact) mass is 172 g/mol. The van der Waals surface area contributed by atoms with Crippen molar-refractivity contribution in [3.63, 3.8) is 0 Å². The lowest BCUT2D eigenvalue weighted by Gasteiger charge is -2.04. The standard InChI is InChI=1S/C12H14N/c1-3-7-12(8-4-1)11-13-9-5-2-6-10-13/h1-5,7-9H,6,10-11H2/q+1. The molecule has 0 amide bonds. The molecule has 0 fully saturated rings. The number of benzene rings is 1. The van der Waals surface area contributed by atoms with E-state index in [9.17, 15) is 0 Å². The van der Waals surface area contributed by atoms with Crippen molar-refractivity contribution in [2.45, 2.75) is 13.0 Å². The van der Waals surface area contributed by atoms with E-state index >= 15 is 0 Å². The van der Waals surface area contributed by atoms with Gasteiger partial charge in [-0.05, 0) is 6.08 Å². The molecule has 1 heterocycles. The lowest BCUT2D eigenvalue weighted by atomic mass is 10.2. The number of nitrogens with zero attached hydrogens (tertiary/aromatic N) is 1. The van der Waals surface area contributed by atoms with Crippen molar-refractivity contribution in [3.8, 4) is 0 Å². The molecule has 1 heteroatoms. The van der Waals surface area contributed by atoms with Crippen molar-refractivity contribution in [1.82, 2.24) is 0 Å². The Morgan fingerprint density at radius 2 is 2.00 bits per heavy atom. The van der Waals surface area contributed by atoms with E-state index in [1.807, 2.05) is 0 Å². The maximum atomic E-state index is 2.34. The van der Waals surface area contributed by atoms with Crippen molar-refractivity contribution in [3.05, 3.63) is 48.0 Å². The summed E-state index contributed by atoms with van der Waals surface area (Å²) in [6.45, 7) is 2.18. The van der Waals surface area contributed by atoms with Crippen LogP contribution in [-0.2, 0) is 6.54 Å². The Hall–Kier alpha value is -1.37. The van der Waals surface area contributed by atoms with Crippen molar-refractivity contribution >= 4 is 6.21 Å². The van der Waals surface area contributed by atoms with Gasteiger partial charge in [-0.2, -0.15) is 0 Å². The summed E-state index contributed by atoms with van der Waals surface area (Å²) in [5.74, 6) is 0. The molecule has 0 atom stereocenters. The van der Waals surface area contributed by atoms with Gasteiger partial charge in [0.15, 0.2) is 12.8 Å². The lowest BCUT2D eigenvalue weighted by molar-refractivity contribution is -0.539. The maximum absolute atomic E-state index is 2.34. The molecule has 1 aromatic rings. The second-order valence-corrected chi connectivity index (χ2v) is 3.32. The van der Waals surface area contributed by atoms with E-state index in [0.29, 0.717) is 0 Å². The summed E-state index contributed by atoms with van der Waals surface area (Å²) in [6.07, 6.45) is 7.67. The zero-order valence-electron chi connectivity index (χ0n) is 7.69. The highest BCUT2D eigenvalue weighted by atomic mass is 15.0. The van der Waals surface area contributed by atoms with Gasteiger partial charge in [0.05, 0.1) is 0 Å². The first-order valence-electron chi connectivity index (χ1n) is 4.73. The second-order valence-electron chi connectivity index (χ2n) is 3.32. The Labute approximate surface area is 79.0 Å². The van der Waals surface area contributed by atoms with Crippen molar-refractivity contribution < 1.29 is 4.58 Å². The van der Waals surface area contributed by atoms with Crippen LogP contribution in [0.15, 0.2) is 42.5 Å². The normalized spacial score (nSPS) is 15.5. The summed E-state index contributed by atoms with van der Waals surface area (Å²) in [7, 11) is 0. The van der Waals surface area contributed by atoms with Gasteiger partial charge in [0.25, 0.3) is 0 Å². The third kappa shape index (κ3) is 2.28. The van der Waals surface area contributed by atoms with Gasteiger partial charge in [0.2, 0.25) is 0 Å². The molecular formula is C12H14N+. The van der Waals surface area contributed by atoms with E-state index in [1.165, 1.54) is 12.0 Å². The molecular weight excluding hydrogens is 158 g/mol. The minimum atomic E-state index is 1.03. The van der Waals surface area contributed by atoms with Crippen LogP contribution in [-0.4, -0.2) is 17.3 Å². The average molecular weight is 172 g/mol. The lowest BCUT2D eigenvalue weighted by Crippen LogP contribution is -2.15. The van der Waals surface area contributed by atoms with E-state index in [-0.39, 0.29) is 0 Å². The second kappa shape index (κ2) is 4.04. The molecule has 0 saturated carbocycles. The Morgan fingerprint density at radius 3 is 2.69 bits per heavy atom. The molecule has 0 aliphatic carbocycles. The molecule has 0 N–H and O–H groups in total. The zero-order valence-corrected chi connectivity index (χ0v) is 7.69. The predicted octanol–water partition coefficient (Wildman–Crippen LogP) is 2.23. The van der Waals surface area contributed by atoms with E-state index < -0.39 is 0 Å². The van der Waals surface area contributed by atoms with Crippen LogP contribution in [0, 0.1) is 0 Å². The quantitative estimate of drug-likeness (QED) is 0.602. The molecule has 1 aliphatic heterocycles. The Morgan fingerprint density at radius 1 is 1.15 bits per heavy atom. The van der Waals surface area contributed by atoms with Crippen LogP contribution in [0.25, 0.3) is 0 Å². The highest BCUT2D eigenvalue weighted by Crippen LogP contribution is 2.02. The maximum Gasteiger partial charge on any atom is 0.168 e. The third-order valence-electron chi connectivity index (χ3n) is 2.24. The number of rotatable bonds is 2. The molecule has 0 unspecified atom stereocenters. The van der Waals surface area contributed by atoms with Gasteiger partial charge in [0, 0.05) is 12.0 Å². The van der Waals surface area contributed by atoms with Crippen molar-refractivity contribution in [2.24, 2.45) is 0 Å². The molecule has 13 heavy (non-hydrogen) atoms. The Kier molecular flexibility index (Phi) is 2.56. The fourth-order valence-corrected chi connectivity index (χ4v) is 1.54. The summed E-state index contributed by atoms with van der Waals surface area (Å²) < 4.78 is 2.34. The van der Waals surface area contributed by atoms with Crippen LogP contribution in [0.4, 0.5) is 0 Å². The van der Waals surface area contributed by atoms with E-state index in [1.54, 1.807) is 0 Å². The predicted molar refractivity (Wildman–Crippen MR) is 55.1 cm³/mol. The molecule has 1 aliphatic rings. The number of hydrogen-bond donors (Lipinski definition) is 0. The minimum absolute atomic E-state index is 1.03.